The first kappa shape index (κ1) is 9.07. The van der Waals surface area contributed by atoms with E-state index in [0.29, 0.717) is 0 Å². The molecule has 2 nitrogen and oxygen atoms in total. The van der Waals surface area contributed by atoms with Gasteiger partial charge in [0.15, 0.2) is 0 Å². The van der Waals surface area contributed by atoms with E-state index < -0.39 is 0 Å². The van der Waals surface area contributed by atoms with Crippen LogP contribution < -0.4 is 11.1 Å². The molecule has 0 saturated heterocycles. The van der Waals surface area contributed by atoms with E-state index in [-0.39, 0.29) is 6.17 Å². The number of rotatable bonds is 3. The fourth-order valence-corrected chi connectivity index (χ4v) is 1.12. The lowest BCUT2D eigenvalue weighted by atomic mass is 10.1. The fraction of sp³-hybridized carbons (Fsp3) is 0.300. The highest BCUT2D eigenvalue weighted by molar-refractivity contribution is 5.51. The average molecular weight is 163 g/mol. The van der Waals surface area contributed by atoms with E-state index in [2.05, 4.69) is 18.3 Å². The molecule has 1 atom stereocenters. The molecule has 65 valence electrons. The topological polar surface area (TPSA) is 38.0 Å². The molecule has 0 aliphatic rings. The van der Waals surface area contributed by atoms with Crippen LogP contribution in [0.1, 0.15) is 12.5 Å². The van der Waals surface area contributed by atoms with Crippen molar-refractivity contribution in [2.45, 2.75) is 19.5 Å². The molecule has 0 amide bonds. The molecule has 2 heteroatoms. The number of benzene rings is 1. The zero-order chi connectivity index (χ0) is 8.97. The molecule has 1 aromatic carbocycles. The standard InChI is InChI=1S/C10H15N2/c1-3-9-6-4-5-7-10(9)12-8(2)11/h4-8,12H,1,3,11H2,2H3. The second-order valence-corrected chi connectivity index (χ2v) is 2.84. The molecule has 0 spiro atoms. The van der Waals surface area contributed by atoms with Crippen LogP contribution in [-0.2, 0) is 6.42 Å². The molecule has 0 bridgehead atoms. The van der Waals surface area contributed by atoms with Crippen LogP contribution in [0, 0.1) is 6.92 Å². The zero-order valence-electron chi connectivity index (χ0n) is 7.38. The third kappa shape index (κ3) is 2.24. The van der Waals surface area contributed by atoms with E-state index in [1.165, 1.54) is 5.56 Å². The van der Waals surface area contributed by atoms with Gasteiger partial charge in [0.05, 0.1) is 6.17 Å². The van der Waals surface area contributed by atoms with Gasteiger partial charge in [0.1, 0.15) is 0 Å². The summed E-state index contributed by atoms with van der Waals surface area (Å²) in [7, 11) is 0. The third-order valence-corrected chi connectivity index (χ3v) is 1.67. The Hall–Kier alpha value is -1.02. The minimum atomic E-state index is -0.0160. The second-order valence-electron chi connectivity index (χ2n) is 2.84. The van der Waals surface area contributed by atoms with Crippen LogP contribution in [-0.4, -0.2) is 6.17 Å². The van der Waals surface area contributed by atoms with Crippen molar-refractivity contribution in [3.8, 4) is 0 Å². The lowest BCUT2D eigenvalue weighted by Crippen LogP contribution is -2.25. The minimum Gasteiger partial charge on any atom is -0.370 e. The Balaban J connectivity index is 2.82. The van der Waals surface area contributed by atoms with Gasteiger partial charge < -0.3 is 11.1 Å². The predicted molar refractivity (Wildman–Crippen MR) is 52.8 cm³/mol. The van der Waals surface area contributed by atoms with Crippen molar-refractivity contribution in [3.63, 3.8) is 0 Å². The van der Waals surface area contributed by atoms with Gasteiger partial charge in [-0.1, -0.05) is 18.2 Å². The van der Waals surface area contributed by atoms with Crippen LogP contribution in [0.5, 0.6) is 0 Å². The average Bonchev–Trinajstić information content (AvgIpc) is 2.04. The van der Waals surface area contributed by atoms with E-state index in [4.69, 9.17) is 5.73 Å². The zero-order valence-corrected chi connectivity index (χ0v) is 7.38. The van der Waals surface area contributed by atoms with Crippen molar-refractivity contribution in [3.05, 3.63) is 36.8 Å². The molecule has 0 heterocycles. The van der Waals surface area contributed by atoms with Crippen molar-refractivity contribution >= 4 is 5.69 Å². The molecule has 0 aliphatic carbocycles. The largest absolute Gasteiger partial charge is 0.370 e. The smallest absolute Gasteiger partial charge is 0.0714 e. The van der Waals surface area contributed by atoms with Crippen LogP contribution in [0.25, 0.3) is 0 Å². The van der Waals surface area contributed by atoms with Crippen molar-refractivity contribution in [2.75, 3.05) is 5.32 Å². The second kappa shape index (κ2) is 4.12. The first-order valence-electron chi connectivity index (χ1n) is 4.13. The summed E-state index contributed by atoms with van der Waals surface area (Å²) in [6, 6.07) is 8.07. The fourth-order valence-electron chi connectivity index (χ4n) is 1.12. The van der Waals surface area contributed by atoms with Crippen LogP contribution in [0.4, 0.5) is 5.69 Å². The van der Waals surface area contributed by atoms with E-state index >= 15 is 0 Å². The van der Waals surface area contributed by atoms with Gasteiger partial charge in [0.25, 0.3) is 0 Å². The summed E-state index contributed by atoms with van der Waals surface area (Å²) in [6.07, 6.45) is 0.772. The van der Waals surface area contributed by atoms with Crippen LogP contribution in [0.3, 0.4) is 0 Å². The van der Waals surface area contributed by atoms with Gasteiger partial charge in [0, 0.05) is 5.69 Å². The molecular weight excluding hydrogens is 148 g/mol. The highest BCUT2D eigenvalue weighted by Gasteiger charge is 1.99. The maximum absolute atomic E-state index is 5.62. The van der Waals surface area contributed by atoms with Gasteiger partial charge in [0.2, 0.25) is 0 Å². The first-order valence-corrected chi connectivity index (χ1v) is 4.13. The lowest BCUT2D eigenvalue weighted by molar-refractivity contribution is 0.849. The van der Waals surface area contributed by atoms with Gasteiger partial charge in [-0.3, -0.25) is 0 Å². The summed E-state index contributed by atoms with van der Waals surface area (Å²) < 4.78 is 0. The Morgan fingerprint density at radius 2 is 2.17 bits per heavy atom. The van der Waals surface area contributed by atoms with Gasteiger partial charge in [-0.2, -0.15) is 0 Å². The number of nitrogens with one attached hydrogen (secondary N) is 1. The molecule has 1 rings (SSSR count). The van der Waals surface area contributed by atoms with Crippen molar-refractivity contribution in [2.24, 2.45) is 5.73 Å². The molecule has 3 N–H and O–H groups in total. The van der Waals surface area contributed by atoms with Crippen molar-refractivity contribution < 1.29 is 0 Å². The van der Waals surface area contributed by atoms with E-state index in [9.17, 15) is 0 Å². The van der Waals surface area contributed by atoms with E-state index in [1.54, 1.807) is 0 Å². The number of para-hydroxylation sites is 1. The molecule has 12 heavy (non-hydrogen) atoms. The molecule has 0 saturated carbocycles. The molecule has 1 unspecified atom stereocenters. The maximum atomic E-state index is 5.62. The lowest BCUT2D eigenvalue weighted by Gasteiger charge is -2.13. The van der Waals surface area contributed by atoms with Gasteiger partial charge in [-0.05, 0) is 31.9 Å². The normalized spacial score (nSPS) is 12.6. The molecular formula is C10H15N2. The van der Waals surface area contributed by atoms with Crippen molar-refractivity contribution in [1.82, 2.24) is 0 Å². The van der Waals surface area contributed by atoms with Crippen LogP contribution in [0.2, 0.25) is 0 Å². The molecule has 1 radical (unpaired) electrons. The molecule has 0 aromatic heterocycles. The van der Waals surface area contributed by atoms with Gasteiger partial charge >= 0.3 is 0 Å². The SMILES string of the molecule is [CH2]Cc1ccccc1NC(C)N. The monoisotopic (exact) mass is 163 g/mol. The Morgan fingerprint density at radius 3 is 2.75 bits per heavy atom. The highest BCUT2D eigenvalue weighted by Crippen LogP contribution is 2.15. The Kier molecular flexibility index (Phi) is 3.11. The third-order valence-electron chi connectivity index (χ3n) is 1.67. The van der Waals surface area contributed by atoms with Gasteiger partial charge in [-0.25, -0.2) is 0 Å². The maximum Gasteiger partial charge on any atom is 0.0714 e. The number of anilines is 1. The highest BCUT2D eigenvalue weighted by atomic mass is 15.0. The Morgan fingerprint density at radius 1 is 1.50 bits per heavy atom. The quantitative estimate of drug-likeness (QED) is 0.666. The van der Waals surface area contributed by atoms with Crippen LogP contribution in [0.15, 0.2) is 24.3 Å². The molecule has 1 aromatic rings. The van der Waals surface area contributed by atoms with E-state index in [1.807, 2.05) is 25.1 Å². The molecule has 0 fully saturated rings. The number of hydrogen-bond donors (Lipinski definition) is 2. The summed E-state index contributed by atoms with van der Waals surface area (Å²) in [5.41, 5.74) is 7.91. The minimum absolute atomic E-state index is 0.0160. The Bertz CT molecular complexity index is 243. The first-order chi connectivity index (χ1) is 5.74. The number of nitrogens with two attached hydrogens (primary N) is 1. The summed E-state index contributed by atoms with van der Waals surface area (Å²) >= 11 is 0. The Labute approximate surface area is 73.8 Å². The predicted octanol–water partition coefficient (Wildman–Crippen LogP) is 1.78. The summed E-state index contributed by atoms with van der Waals surface area (Å²) in [5, 5.41) is 3.16. The van der Waals surface area contributed by atoms with Crippen molar-refractivity contribution in [1.29, 1.82) is 0 Å². The summed E-state index contributed by atoms with van der Waals surface area (Å²) in [5.74, 6) is 0. The number of hydrogen-bond acceptors (Lipinski definition) is 2. The van der Waals surface area contributed by atoms with Crippen LogP contribution >= 0.6 is 0 Å². The molecule has 0 aliphatic heterocycles. The summed E-state index contributed by atoms with van der Waals surface area (Å²) in [4.78, 5) is 0. The summed E-state index contributed by atoms with van der Waals surface area (Å²) in [6.45, 7) is 5.76. The van der Waals surface area contributed by atoms with E-state index in [0.717, 1.165) is 12.1 Å². The van der Waals surface area contributed by atoms with Gasteiger partial charge in [-0.15, -0.1) is 0 Å².